The Hall–Kier alpha value is -1.10. The average Bonchev–Trinajstić information content (AvgIpc) is 3.17. The summed E-state index contributed by atoms with van der Waals surface area (Å²) in [5.74, 6) is 1.18. The summed E-state index contributed by atoms with van der Waals surface area (Å²) in [5.41, 5.74) is 0.600. The highest BCUT2D eigenvalue weighted by Gasteiger charge is 2.69. The summed E-state index contributed by atoms with van der Waals surface area (Å²) < 4.78 is 0. The van der Waals surface area contributed by atoms with Crippen molar-refractivity contribution < 1.29 is 19.8 Å². The highest BCUT2D eigenvalue weighted by molar-refractivity contribution is 5.93. The lowest BCUT2D eigenvalue weighted by atomic mass is 9.34. The third-order valence-electron chi connectivity index (χ3n) is 13.4. The summed E-state index contributed by atoms with van der Waals surface area (Å²) in [6.07, 6.45) is 12.8. The van der Waals surface area contributed by atoms with Gasteiger partial charge in [0.25, 0.3) is 0 Å². The van der Waals surface area contributed by atoms with Crippen LogP contribution < -0.4 is 0 Å². The molecule has 4 saturated carbocycles. The fraction of sp³-hybridized carbons (Fsp3) is 0.933. The molecule has 1 saturated heterocycles. The first-order valence-corrected chi connectivity index (χ1v) is 14.5. The number of aliphatic hydroxyl groups excluding tert-OH is 1. The van der Waals surface area contributed by atoms with Gasteiger partial charge in [0.15, 0.2) is 0 Å². The Balaban J connectivity index is 1.49. The van der Waals surface area contributed by atoms with Gasteiger partial charge in [0.05, 0.1) is 0 Å². The Bertz CT molecular complexity index is 886. The van der Waals surface area contributed by atoms with E-state index in [1.807, 2.05) is 4.90 Å². The smallest absolute Gasteiger partial charge is 0.312 e. The summed E-state index contributed by atoms with van der Waals surface area (Å²) in [4.78, 5) is 26.3. The normalized spacial score (nSPS) is 48.7. The van der Waals surface area contributed by atoms with E-state index >= 15 is 0 Å². The molecule has 5 rings (SSSR count). The molecule has 198 valence electrons. The van der Waals surface area contributed by atoms with E-state index in [-0.39, 0.29) is 27.7 Å². The third kappa shape index (κ3) is 3.35. The van der Waals surface area contributed by atoms with Crippen LogP contribution in [0.2, 0.25) is 0 Å². The van der Waals surface area contributed by atoms with E-state index in [0.29, 0.717) is 36.3 Å². The standard InChI is InChI=1S/C30H49NO4/c1-26(2)22-11-14-29(5)23(27(22,3)12-7-17-31(26)24(33)18-25(34)35)10-9-20-21-8-6-13-30(21,19-32)16-15-28(20,29)4/h20-23,32H,6-19H2,1-5H3,(H,34,35)/t20?,21-,22?,23?,27?,28-,29?,30?/m1/s1. The van der Waals surface area contributed by atoms with Crippen molar-refractivity contribution in [1.82, 2.24) is 4.90 Å². The lowest BCUT2D eigenvalue weighted by Gasteiger charge is -2.71. The molecular weight excluding hydrogens is 438 g/mol. The Morgan fingerprint density at radius 2 is 1.54 bits per heavy atom. The molecule has 8 atom stereocenters. The number of likely N-dealkylation sites (tertiary alicyclic amines) is 1. The third-order valence-corrected chi connectivity index (χ3v) is 13.4. The number of amides is 1. The van der Waals surface area contributed by atoms with Gasteiger partial charge in [-0.05, 0) is 123 Å². The van der Waals surface area contributed by atoms with Gasteiger partial charge in [0.2, 0.25) is 5.91 Å². The van der Waals surface area contributed by atoms with Crippen molar-refractivity contribution in [3.8, 4) is 0 Å². The number of hydrogen-bond donors (Lipinski definition) is 2. The van der Waals surface area contributed by atoms with Gasteiger partial charge >= 0.3 is 5.97 Å². The van der Waals surface area contributed by atoms with Crippen molar-refractivity contribution in [1.29, 1.82) is 0 Å². The number of carboxylic acids is 1. The molecular formula is C30H49NO4. The molecule has 6 unspecified atom stereocenters. The second-order valence-corrected chi connectivity index (χ2v) is 14.6. The van der Waals surface area contributed by atoms with Crippen LogP contribution in [-0.2, 0) is 9.59 Å². The second-order valence-electron chi connectivity index (χ2n) is 14.6. The number of nitrogens with zero attached hydrogens (tertiary/aromatic N) is 1. The molecule has 5 heteroatoms. The molecule has 5 aliphatic rings. The number of aliphatic hydroxyl groups is 1. The van der Waals surface area contributed by atoms with Crippen LogP contribution in [0.1, 0.15) is 112 Å². The van der Waals surface area contributed by atoms with Crippen molar-refractivity contribution >= 4 is 11.9 Å². The Labute approximate surface area is 212 Å². The summed E-state index contributed by atoms with van der Waals surface area (Å²) in [5, 5.41) is 19.8. The minimum atomic E-state index is -1.02. The van der Waals surface area contributed by atoms with Crippen LogP contribution in [-0.4, -0.2) is 45.7 Å². The van der Waals surface area contributed by atoms with E-state index in [2.05, 4.69) is 34.6 Å². The van der Waals surface area contributed by atoms with Gasteiger partial charge in [-0.2, -0.15) is 0 Å². The number of rotatable bonds is 3. The lowest BCUT2D eigenvalue weighted by Crippen LogP contribution is -2.66. The first-order chi connectivity index (χ1) is 16.4. The van der Waals surface area contributed by atoms with Crippen LogP contribution in [0.15, 0.2) is 0 Å². The van der Waals surface area contributed by atoms with Gasteiger partial charge < -0.3 is 15.1 Å². The zero-order valence-corrected chi connectivity index (χ0v) is 22.9. The topological polar surface area (TPSA) is 77.8 Å². The Kier molecular flexibility index (Phi) is 5.98. The van der Waals surface area contributed by atoms with Gasteiger partial charge in [0.1, 0.15) is 6.42 Å². The van der Waals surface area contributed by atoms with Crippen molar-refractivity contribution in [2.45, 2.75) is 117 Å². The zero-order valence-electron chi connectivity index (χ0n) is 22.9. The fourth-order valence-corrected chi connectivity index (χ4v) is 11.6. The minimum Gasteiger partial charge on any atom is -0.481 e. The summed E-state index contributed by atoms with van der Waals surface area (Å²) in [7, 11) is 0. The van der Waals surface area contributed by atoms with Gasteiger partial charge in [-0.1, -0.05) is 27.2 Å². The highest BCUT2D eigenvalue weighted by Crippen LogP contribution is 2.75. The van der Waals surface area contributed by atoms with Crippen molar-refractivity contribution in [2.75, 3.05) is 13.2 Å². The summed E-state index contributed by atoms with van der Waals surface area (Å²) >= 11 is 0. The monoisotopic (exact) mass is 487 g/mol. The van der Waals surface area contributed by atoms with Gasteiger partial charge in [-0.15, -0.1) is 0 Å². The van der Waals surface area contributed by atoms with Gasteiger partial charge in [-0.25, -0.2) is 0 Å². The van der Waals surface area contributed by atoms with Crippen LogP contribution >= 0.6 is 0 Å². The van der Waals surface area contributed by atoms with E-state index in [0.717, 1.165) is 25.2 Å². The minimum absolute atomic E-state index is 0.157. The lowest BCUT2D eigenvalue weighted by molar-refractivity contribution is -0.226. The molecule has 5 nitrogen and oxygen atoms in total. The maximum absolute atomic E-state index is 13.0. The first kappa shape index (κ1) is 25.5. The van der Waals surface area contributed by atoms with E-state index < -0.39 is 12.4 Å². The second kappa shape index (κ2) is 8.20. The molecule has 0 aromatic heterocycles. The number of carbonyl (C=O) groups excluding carboxylic acids is 1. The van der Waals surface area contributed by atoms with Crippen molar-refractivity contribution in [2.24, 2.45) is 45.3 Å². The molecule has 1 heterocycles. The molecule has 2 N–H and O–H groups in total. The zero-order chi connectivity index (χ0) is 25.4. The molecule has 0 aromatic rings. The molecule has 0 radical (unpaired) electrons. The maximum atomic E-state index is 13.0. The van der Waals surface area contributed by atoms with Gasteiger partial charge in [0, 0.05) is 18.7 Å². The predicted molar refractivity (Wildman–Crippen MR) is 137 cm³/mol. The van der Waals surface area contributed by atoms with Gasteiger partial charge in [-0.3, -0.25) is 9.59 Å². The molecule has 0 bridgehead atoms. The molecule has 0 aromatic carbocycles. The number of fused-ring (bicyclic) bond motifs is 7. The van der Waals surface area contributed by atoms with E-state index in [9.17, 15) is 19.8 Å². The van der Waals surface area contributed by atoms with E-state index in [1.165, 1.54) is 51.4 Å². The molecule has 5 fully saturated rings. The van der Waals surface area contributed by atoms with Crippen LogP contribution in [0.5, 0.6) is 0 Å². The van der Waals surface area contributed by atoms with Crippen molar-refractivity contribution in [3.05, 3.63) is 0 Å². The molecule has 1 aliphatic heterocycles. The van der Waals surface area contributed by atoms with Crippen LogP contribution in [0.4, 0.5) is 0 Å². The quantitative estimate of drug-likeness (QED) is 0.487. The van der Waals surface area contributed by atoms with Crippen LogP contribution in [0, 0.1) is 45.3 Å². The number of aliphatic carboxylic acids is 1. The average molecular weight is 488 g/mol. The largest absolute Gasteiger partial charge is 0.481 e. The van der Waals surface area contributed by atoms with Crippen LogP contribution in [0.25, 0.3) is 0 Å². The van der Waals surface area contributed by atoms with Crippen molar-refractivity contribution in [3.63, 3.8) is 0 Å². The number of carbonyl (C=O) groups is 2. The highest BCUT2D eigenvalue weighted by atomic mass is 16.4. The molecule has 1 amide bonds. The molecule has 4 aliphatic carbocycles. The maximum Gasteiger partial charge on any atom is 0.312 e. The SMILES string of the molecule is CC12CCCN(C(=O)CC(=O)O)C(C)(C)C1CCC1(C)C2CCC2[C@H]3CCCC3(CO)CC[C@]21C. The van der Waals surface area contributed by atoms with E-state index in [4.69, 9.17) is 0 Å². The molecule has 35 heavy (non-hydrogen) atoms. The fourth-order valence-electron chi connectivity index (χ4n) is 11.6. The Morgan fingerprint density at radius 1 is 0.800 bits per heavy atom. The summed E-state index contributed by atoms with van der Waals surface area (Å²) in [6.45, 7) is 13.3. The first-order valence-electron chi connectivity index (χ1n) is 14.5. The number of hydrogen-bond acceptors (Lipinski definition) is 3. The van der Waals surface area contributed by atoms with E-state index in [1.54, 1.807) is 0 Å². The predicted octanol–water partition coefficient (Wildman–Crippen LogP) is 5.89. The molecule has 0 spiro atoms. The summed E-state index contributed by atoms with van der Waals surface area (Å²) in [6, 6.07) is 0. The van der Waals surface area contributed by atoms with Crippen LogP contribution in [0.3, 0.4) is 0 Å². The number of carboxylic acid groups (broad SMARTS) is 1. The Morgan fingerprint density at radius 3 is 2.23 bits per heavy atom.